The number of halogens is 1. The van der Waals surface area contributed by atoms with Gasteiger partial charge in [0.2, 0.25) is 0 Å². The molecule has 0 radical (unpaired) electrons. The monoisotopic (exact) mass is 232 g/mol. The Morgan fingerprint density at radius 2 is 2.07 bits per heavy atom. The number of nitrogens with zero attached hydrogens (tertiary/aromatic N) is 4. The average molecular weight is 232 g/mol. The lowest BCUT2D eigenvalue weighted by atomic mass is 10.7. The Balaban J connectivity index is 2.58. The van der Waals surface area contributed by atoms with Gasteiger partial charge in [0.1, 0.15) is 12.7 Å². The van der Waals surface area contributed by atoms with Crippen LogP contribution in [0, 0.1) is 0 Å². The molecule has 0 saturated carbocycles. The zero-order chi connectivity index (χ0) is 11.3. The number of aromatic nitrogens is 3. The van der Waals surface area contributed by atoms with Crippen LogP contribution in [0.2, 0.25) is 0 Å². The van der Waals surface area contributed by atoms with Gasteiger partial charge in [-0.05, 0) is 0 Å². The molecule has 0 aliphatic carbocycles. The quantitative estimate of drug-likeness (QED) is 0.671. The Morgan fingerprint density at radius 3 is 2.60 bits per heavy atom. The molecule has 8 heteroatoms. The van der Waals surface area contributed by atoms with Crippen molar-refractivity contribution in [1.82, 2.24) is 15.0 Å². The topological polar surface area (TPSA) is 76.1 Å². The first-order chi connectivity index (χ1) is 7.05. The highest BCUT2D eigenvalue weighted by atomic mass is 32.2. The second kappa shape index (κ2) is 4.78. The minimum atomic E-state index is -3.41. The third-order valence-electron chi connectivity index (χ3n) is 1.52. The molecule has 0 unspecified atom stereocenters. The summed E-state index contributed by atoms with van der Waals surface area (Å²) in [6.07, 6.45) is 2.24. The summed E-state index contributed by atoms with van der Waals surface area (Å²) < 4.78 is 35.1. The smallest absolute Gasteiger partial charge is 0.225 e. The number of anilines is 1. The van der Waals surface area contributed by atoms with Gasteiger partial charge < -0.3 is 0 Å². The molecule has 1 aromatic rings. The molecule has 82 valence electrons. The first-order valence-electron chi connectivity index (χ1n) is 3.95. The fraction of sp³-hybridized carbons (Fsp3) is 0.286. The van der Waals surface area contributed by atoms with Gasteiger partial charge in [-0.1, -0.05) is 11.1 Å². The molecule has 0 amide bonds. The third-order valence-corrected chi connectivity index (χ3v) is 2.78. The van der Waals surface area contributed by atoms with Crippen molar-refractivity contribution < 1.29 is 12.9 Å². The third kappa shape index (κ3) is 3.58. The van der Waals surface area contributed by atoms with E-state index < -0.39 is 9.84 Å². The van der Waals surface area contributed by atoms with Crippen molar-refractivity contribution in [2.75, 3.05) is 17.4 Å². The Bertz CT molecular complexity index is 422. The van der Waals surface area contributed by atoms with Crippen LogP contribution < -0.4 is 5.12 Å². The number of hydrogen-bond acceptors (Lipinski definition) is 6. The van der Waals surface area contributed by atoms with Crippen LogP contribution in [-0.2, 0) is 9.84 Å². The maximum Gasteiger partial charge on any atom is 0.256 e. The second-order valence-corrected chi connectivity index (χ2v) is 4.62. The number of sulfone groups is 1. The Hall–Kier alpha value is -1.57. The second-order valence-electron chi connectivity index (χ2n) is 2.56. The molecule has 0 bridgehead atoms. The van der Waals surface area contributed by atoms with E-state index in [1.54, 1.807) is 0 Å². The summed E-state index contributed by atoms with van der Waals surface area (Å²) in [7, 11) is -3.41. The van der Waals surface area contributed by atoms with E-state index >= 15 is 0 Å². The van der Waals surface area contributed by atoms with Crippen molar-refractivity contribution in [3.8, 4) is 0 Å². The Kier molecular flexibility index (Phi) is 3.67. The van der Waals surface area contributed by atoms with Crippen LogP contribution in [0.5, 0.6) is 0 Å². The molecule has 1 heterocycles. The molecule has 1 aromatic heterocycles. The standard InChI is InChI=1S/C7H9FN4O2S/c1-2-15(13,14)4-3-12(8)7-10-5-9-6-11-7/h2,5-6H,1,3-4H2. The van der Waals surface area contributed by atoms with E-state index in [0.29, 0.717) is 0 Å². The molecule has 0 aromatic carbocycles. The van der Waals surface area contributed by atoms with Crippen molar-refractivity contribution in [2.24, 2.45) is 0 Å². The summed E-state index contributed by atoms with van der Waals surface area (Å²) >= 11 is 0. The lowest BCUT2D eigenvalue weighted by molar-refractivity contribution is 0.431. The van der Waals surface area contributed by atoms with Crippen LogP contribution in [0.1, 0.15) is 0 Å². The highest BCUT2D eigenvalue weighted by Crippen LogP contribution is 2.05. The summed E-state index contributed by atoms with van der Waals surface area (Å²) in [6, 6.07) is 0. The average Bonchev–Trinajstić information content (AvgIpc) is 2.27. The van der Waals surface area contributed by atoms with Crippen molar-refractivity contribution in [3.63, 3.8) is 0 Å². The maximum absolute atomic E-state index is 13.2. The fourth-order valence-electron chi connectivity index (χ4n) is 0.749. The molecule has 0 N–H and O–H groups in total. The maximum atomic E-state index is 13.2. The molecular formula is C7H9FN4O2S. The van der Waals surface area contributed by atoms with E-state index in [4.69, 9.17) is 0 Å². The Morgan fingerprint density at radius 1 is 1.47 bits per heavy atom. The minimum Gasteiger partial charge on any atom is -0.225 e. The predicted molar refractivity (Wildman–Crippen MR) is 52.3 cm³/mol. The van der Waals surface area contributed by atoms with Crippen LogP contribution in [0.25, 0.3) is 0 Å². The van der Waals surface area contributed by atoms with E-state index in [1.807, 2.05) is 0 Å². The van der Waals surface area contributed by atoms with Gasteiger partial charge in [0.15, 0.2) is 9.84 Å². The van der Waals surface area contributed by atoms with Crippen molar-refractivity contribution in [1.29, 1.82) is 0 Å². The molecule has 0 fully saturated rings. The highest BCUT2D eigenvalue weighted by Gasteiger charge is 2.12. The molecule has 0 atom stereocenters. The molecule has 0 spiro atoms. The molecule has 0 aliphatic heterocycles. The summed E-state index contributed by atoms with van der Waals surface area (Å²) in [5.74, 6) is -0.595. The van der Waals surface area contributed by atoms with E-state index in [-0.39, 0.29) is 23.4 Å². The molecular weight excluding hydrogens is 223 g/mol. The van der Waals surface area contributed by atoms with Gasteiger partial charge in [0.25, 0.3) is 5.95 Å². The van der Waals surface area contributed by atoms with Crippen LogP contribution in [0.3, 0.4) is 0 Å². The van der Waals surface area contributed by atoms with Crippen molar-refractivity contribution in [3.05, 3.63) is 24.6 Å². The van der Waals surface area contributed by atoms with E-state index in [0.717, 1.165) is 18.1 Å². The molecule has 0 aliphatic rings. The van der Waals surface area contributed by atoms with Gasteiger partial charge in [-0.15, -0.1) is 0 Å². The van der Waals surface area contributed by atoms with Crippen LogP contribution >= 0.6 is 0 Å². The number of rotatable bonds is 5. The van der Waals surface area contributed by atoms with Crippen LogP contribution in [-0.4, -0.2) is 35.7 Å². The number of hydrogen-bond donors (Lipinski definition) is 0. The molecule has 15 heavy (non-hydrogen) atoms. The summed E-state index contributed by atoms with van der Waals surface area (Å²) in [5.41, 5.74) is 0. The molecule has 6 nitrogen and oxygen atoms in total. The first-order valence-corrected chi connectivity index (χ1v) is 5.67. The molecule has 0 saturated heterocycles. The fourth-order valence-corrected chi connectivity index (χ4v) is 1.33. The summed E-state index contributed by atoms with van der Waals surface area (Å²) in [5, 5.41) is 0.928. The van der Waals surface area contributed by atoms with E-state index in [1.165, 1.54) is 0 Å². The minimum absolute atomic E-state index is 0.142. The largest absolute Gasteiger partial charge is 0.256 e. The van der Waals surface area contributed by atoms with Gasteiger partial charge in [0.05, 0.1) is 12.3 Å². The lowest BCUT2D eigenvalue weighted by Gasteiger charge is -2.09. The van der Waals surface area contributed by atoms with Crippen LogP contribution in [0.4, 0.5) is 10.4 Å². The SMILES string of the molecule is C=CS(=O)(=O)CCN(F)c1ncncn1. The van der Waals surface area contributed by atoms with Gasteiger partial charge in [-0.25, -0.2) is 13.4 Å². The van der Waals surface area contributed by atoms with Gasteiger partial charge in [-0.3, -0.25) is 0 Å². The predicted octanol–water partition coefficient (Wildman–Crippen LogP) is 0.121. The van der Waals surface area contributed by atoms with Crippen molar-refractivity contribution in [2.45, 2.75) is 0 Å². The van der Waals surface area contributed by atoms with E-state index in [2.05, 4.69) is 21.5 Å². The molecule has 1 rings (SSSR count). The first kappa shape index (κ1) is 11.5. The zero-order valence-corrected chi connectivity index (χ0v) is 8.56. The lowest BCUT2D eigenvalue weighted by Crippen LogP contribution is -2.22. The van der Waals surface area contributed by atoms with Gasteiger partial charge in [-0.2, -0.15) is 15.1 Å². The summed E-state index contributed by atoms with van der Waals surface area (Å²) in [4.78, 5) is 10.5. The van der Waals surface area contributed by atoms with E-state index in [9.17, 15) is 12.9 Å². The Labute approximate surface area is 86.3 Å². The summed E-state index contributed by atoms with van der Waals surface area (Å²) in [6.45, 7) is 2.76. The normalized spacial score (nSPS) is 11.0. The van der Waals surface area contributed by atoms with Gasteiger partial charge in [0, 0.05) is 5.41 Å². The van der Waals surface area contributed by atoms with Crippen molar-refractivity contribution >= 4 is 15.8 Å². The zero-order valence-electron chi connectivity index (χ0n) is 7.74. The van der Waals surface area contributed by atoms with Crippen LogP contribution in [0.15, 0.2) is 24.6 Å². The van der Waals surface area contributed by atoms with Gasteiger partial charge >= 0.3 is 0 Å². The highest BCUT2D eigenvalue weighted by molar-refractivity contribution is 7.94.